The first-order valence-electron chi connectivity index (χ1n) is 6.25. The smallest absolute Gasteiger partial charge is 0.133 e. The van der Waals surface area contributed by atoms with Crippen molar-refractivity contribution in [2.75, 3.05) is 0 Å². The molecule has 0 heterocycles. The summed E-state index contributed by atoms with van der Waals surface area (Å²) in [6.07, 6.45) is 0. The van der Waals surface area contributed by atoms with E-state index in [0.29, 0.717) is 6.61 Å². The number of rotatable bonds is 4. The van der Waals surface area contributed by atoms with Crippen LogP contribution in [0.3, 0.4) is 0 Å². The van der Waals surface area contributed by atoms with E-state index in [2.05, 4.69) is 6.07 Å². The van der Waals surface area contributed by atoms with Crippen LogP contribution in [0.15, 0.2) is 36.4 Å². The molecule has 0 unspecified atom stereocenters. The minimum atomic E-state index is -0.409. The number of aryl methyl sites for hydroxylation is 2. The molecule has 2 aromatic rings. The Bertz CT molecular complexity index is 655. The summed E-state index contributed by atoms with van der Waals surface area (Å²) < 4.78 is 19.2. The van der Waals surface area contributed by atoms with E-state index in [1.54, 1.807) is 12.1 Å². The highest BCUT2D eigenvalue weighted by Crippen LogP contribution is 2.20. The van der Waals surface area contributed by atoms with Crippen molar-refractivity contribution >= 4 is 17.2 Å². The van der Waals surface area contributed by atoms with E-state index in [4.69, 9.17) is 22.7 Å². The van der Waals surface area contributed by atoms with Crippen LogP contribution >= 0.6 is 12.2 Å². The molecule has 20 heavy (non-hydrogen) atoms. The van der Waals surface area contributed by atoms with Gasteiger partial charge in [0.15, 0.2) is 0 Å². The van der Waals surface area contributed by atoms with Crippen LogP contribution in [0.1, 0.15) is 22.3 Å². The van der Waals surface area contributed by atoms with Crippen molar-refractivity contribution in [2.24, 2.45) is 5.73 Å². The van der Waals surface area contributed by atoms with Gasteiger partial charge in [-0.05, 0) is 43.2 Å². The number of halogens is 1. The fourth-order valence-electron chi connectivity index (χ4n) is 1.97. The van der Waals surface area contributed by atoms with Crippen molar-refractivity contribution < 1.29 is 9.13 Å². The summed E-state index contributed by atoms with van der Waals surface area (Å²) in [7, 11) is 0. The van der Waals surface area contributed by atoms with Crippen LogP contribution < -0.4 is 10.5 Å². The monoisotopic (exact) mass is 289 g/mol. The standard InChI is InChI=1S/C16H16FNOS/c1-10-3-6-15(11(2)7-10)19-9-12-4-5-14(17)13(8-12)16(18)20/h3-8H,9H2,1-2H3,(H2,18,20). The molecule has 0 aliphatic heterocycles. The first-order valence-corrected chi connectivity index (χ1v) is 6.66. The van der Waals surface area contributed by atoms with Gasteiger partial charge in [0.05, 0.1) is 0 Å². The minimum absolute atomic E-state index is 0.0517. The third-order valence-corrected chi connectivity index (χ3v) is 3.24. The zero-order chi connectivity index (χ0) is 14.7. The van der Waals surface area contributed by atoms with Gasteiger partial charge in [0.25, 0.3) is 0 Å². The zero-order valence-corrected chi connectivity index (χ0v) is 12.3. The topological polar surface area (TPSA) is 35.2 Å². The molecule has 0 radical (unpaired) electrons. The summed E-state index contributed by atoms with van der Waals surface area (Å²) in [4.78, 5) is 0.0517. The maximum atomic E-state index is 13.5. The largest absolute Gasteiger partial charge is 0.489 e. The third-order valence-electron chi connectivity index (χ3n) is 3.02. The zero-order valence-electron chi connectivity index (χ0n) is 11.4. The maximum absolute atomic E-state index is 13.5. The number of nitrogens with two attached hydrogens (primary N) is 1. The first-order chi connectivity index (χ1) is 9.47. The molecule has 0 aliphatic carbocycles. The number of hydrogen-bond acceptors (Lipinski definition) is 2. The van der Waals surface area contributed by atoms with Crippen LogP contribution in [0.2, 0.25) is 0 Å². The van der Waals surface area contributed by atoms with Gasteiger partial charge in [-0.1, -0.05) is 36.0 Å². The lowest BCUT2D eigenvalue weighted by molar-refractivity contribution is 0.304. The molecule has 104 valence electrons. The molecule has 0 saturated heterocycles. The lowest BCUT2D eigenvalue weighted by Crippen LogP contribution is -2.12. The summed E-state index contributed by atoms with van der Waals surface area (Å²) in [5.41, 5.74) is 8.82. The molecular formula is C16H16FNOS. The quantitative estimate of drug-likeness (QED) is 0.873. The Balaban J connectivity index is 2.15. The second kappa shape index (κ2) is 6.01. The molecule has 0 amide bonds. The van der Waals surface area contributed by atoms with E-state index < -0.39 is 5.82 Å². The van der Waals surface area contributed by atoms with E-state index in [1.165, 1.54) is 11.6 Å². The van der Waals surface area contributed by atoms with Crippen molar-refractivity contribution in [3.8, 4) is 5.75 Å². The predicted molar refractivity (Wildman–Crippen MR) is 82.5 cm³/mol. The van der Waals surface area contributed by atoms with Gasteiger partial charge in [-0.25, -0.2) is 4.39 Å². The van der Waals surface area contributed by atoms with Crippen molar-refractivity contribution in [1.82, 2.24) is 0 Å². The lowest BCUT2D eigenvalue weighted by Gasteiger charge is -2.11. The van der Waals surface area contributed by atoms with Gasteiger partial charge in [0.2, 0.25) is 0 Å². The van der Waals surface area contributed by atoms with E-state index in [0.717, 1.165) is 16.9 Å². The third kappa shape index (κ3) is 3.33. The highest BCUT2D eigenvalue weighted by molar-refractivity contribution is 7.80. The Morgan fingerprint density at radius 2 is 1.95 bits per heavy atom. The van der Waals surface area contributed by atoms with Gasteiger partial charge in [0, 0.05) is 5.56 Å². The molecule has 0 atom stereocenters. The van der Waals surface area contributed by atoms with Crippen molar-refractivity contribution in [2.45, 2.75) is 20.5 Å². The number of benzene rings is 2. The van der Waals surface area contributed by atoms with Gasteiger partial charge in [0.1, 0.15) is 23.2 Å². The van der Waals surface area contributed by atoms with Gasteiger partial charge < -0.3 is 10.5 Å². The molecule has 0 aliphatic rings. The number of thiocarbonyl (C=S) groups is 1. The Hall–Kier alpha value is -1.94. The van der Waals surface area contributed by atoms with Crippen LogP contribution in [-0.4, -0.2) is 4.99 Å². The summed E-state index contributed by atoms with van der Waals surface area (Å²) >= 11 is 4.82. The molecule has 2 nitrogen and oxygen atoms in total. The van der Waals surface area contributed by atoms with Gasteiger partial charge >= 0.3 is 0 Å². The fraction of sp³-hybridized carbons (Fsp3) is 0.188. The minimum Gasteiger partial charge on any atom is -0.489 e. The fourth-order valence-corrected chi connectivity index (χ4v) is 2.13. The molecule has 0 bridgehead atoms. The Kier molecular flexibility index (Phi) is 4.35. The molecule has 2 N–H and O–H groups in total. The van der Waals surface area contributed by atoms with Crippen LogP contribution in [0.25, 0.3) is 0 Å². The molecule has 2 rings (SSSR count). The van der Waals surface area contributed by atoms with Gasteiger partial charge in [-0.3, -0.25) is 0 Å². The average Bonchev–Trinajstić information content (AvgIpc) is 2.39. The van der Waals surface area contributed by atoms with Crippen molar-refractivity contribution in [3.05, 3.63) is 64.5 Å². The van der Waals surface area contributed by atoms with E-state index in [1.807, 2.05) is 26.0 Å². The first kappa shape index (κ1) is 14.5. The predicted octanol–water partition coefficient (Wildman–Crippen LogP) is 3.66. The average molecular weight is 289 g/mol. The highest BCUT2D eigenvalue weighted by atomic mass is 32.1. The Morgan fingerprint density at radius 1 is 1.20 bits per heavy atom. The summed E-state index contributed by atoms with van der Waals surface area (Å²) in [5, 5.41) is 0. The molecule has 0 spiro atoms. The maximum Gasteiger partial charge on any atom is 0.133 e. The van der Waals surface area contributed by atoms with Crippen LogP contribution in [-0.2, 0) is 6.61 Å². The second-order valence-electron chi connectivity index (χ2n) is 4.74. The van der Waals surface area contributed by atoms with Gasteiger partial charge in [-0.2, -0.15) is 0 Å². The van der Waals surface area contributed by atoms with Crippen LogP contribution in [0.4, 0.5) is 4.39 Å². The Morgan fingerprint density at radius 3 is 2.60 bits per heavy atom. The van der Waals surface area contributed by atoms with E-state index in [-0.39, 0.29) is 10.6 Å². The van der Waals surface area contributed by atoms with E-state index >= 15 is 0 Å². The summed E-state index contributed by atoms with van der Waals surface area (Å²) in [5.74, 6) is 0.407. The summed E-state index contributed by atoms with van der Waals surface area (Å²) in [6.45, 7) is 4.37. The van der Waals surface area contributed by atoms with Gasteiger partial charge in [-0.15, -0.1) is 0 Å². The number of hydrogen-bond donors (Lipinski definition) is 1. The SMILES string of the molecule is Cc1ccc(OCc2ccc(F)c(C(N)=S)c2)c(C)c1. The molecule has 4 heteroatoms. The van der Waals surface area contributed by atoms with Crippen LogP contribution in [0, 0.1) is 19.7 Å². The molecule has 2 aromatic carbocycles. The number of ether oxygens (including phenoxy) is 1. The second-order valence-corrected chi connectivity index (χ2v) is 5.18. The van der Waals surface area contributed by atoms with Crippen molar-refractivity contribution in [3.63, 3.8) is 0 Å². The lowest BCUT2D eigenvalue weighted by atomic mass is 10.1. The van der Waals surface area contributed by atoms with Crippen LogP contribution in [0.5, 0.6) is 5.75 Å². The highest BCUT2D eigenvalue weighted by Gasteiger charge is 2.07. The normalized spacial score (nSPS) is 10.3. The molecule has 0 saturated carbocycles. The summed E-state index contributed by atoms with van der Waals surface area (Å²) in [6, 6.07) is 10.6. The molecule has 0 fully saturated rings. The molecular weight excluding hydrogens is 273 g/mol. The molecule has 0 aromatic heterocycles. The Labute approximate surface area is 123 Å². The van der Waals surface area contributed by atoms with Crippen molar-refractivity contribution in [1.29, 1.82) is 0 Å². The van der Waals surface area contributed by atoms with E-state index in [9.17, 15) is 4.39 Å².